The predicted molar refractivity (Wildman–Crippen MR) is 81.4 cm³/mol. The van der Waals surface area contributed by atoms with Gasteiger partial charge in [-0.3, -0.25) is 4.79 Å². The van der Waals surface area contributed by atoms with Crippen molar-refractivity contribution in [3.05, 3.63) is 64.2 Å². The fourth-order valence-electron chi connectivity index (χ4n) is 2.41. The molecule has 0 radical (unpaired) electrons. The van der Waals surface area contributed by atoms with Crippen LogP contribution < -0.4 is 0 Å². The first-order valence-electron chi connectivity index (χ1n) is 7.13. The summed E-state index contributed by atoms with van der Waals surface area (Å²) in [4.78, 5) is 12.1. The van der Waals surface area contributed by atoms with Crippen LogP contribution in [0.15, 0.2) is 36.4 Å². The monoisotopic (exact) mass is 322 g/mol. The molecule has 0 bridgehead atoms. The van der Waals surface area contributed by atoms with Crippen molar-refractivity contribution in [2.24, 2.45) is 0 Å². The molecule has 0 unspecified atom stereocenters. The summed E-state index contributed by atoms with van der Waals surface area (Å²) in [6, 6.07) is 8.59. The second kappa shape index (κ2) is 6.44. The summed E-state index contributed by atoms with van der Waals surface area (Å²) >= 11 is 0. The highest BCUT2D eigenvalue weighted by molar-refractivity contribution is 5.83. The molecule has 0 amide bonds. The number of carbonyl (C=O) groups is 1. The number of phenols is 1. The maximum Gasteiger partial charge on any atom is 0.416 e. The smallest absolute Gasteiger partial charge is 0.416 e. The number of ketones is 1. The first-order chi connectivity index (χ1) is 10.6. The molecule has 0 saturated carbocycles. The molecule has 1 N–H and O–H groups in total. The van der Waals surface area contributed by atoms with Gasteiger partial charge in [0.15, 0.2) is 0 Å². The maximum absolute atomic E-state index is 12.8. The standard InChI is InChI=1S/C18H17F3O2/c1-11-5-14(7-15(6-11)18(19,20)21)9-16(22)8-13-4-3-12(2)17(23)10-13/h3-7,10,23H,8-9H2,1-2H3. The van der Waals surface area contributed by atoms with Crippen LogP contribution in [-0.2, 0) is 23.8 Å². The molecule has 0 atom stereocenters. The van der Waals surface area contributed by atoms with Gasteiger partial charge in [-0.1, -0.05) is 23.8 Å². The Bertz CT molecular complexity index is 734. The van der Waals surface area contributed by atoms with Crippen LogP contribution in [-0.4, -0.2) is 10.9 Å². The molecule has 2 aromatic carbocycles. The molecule has 0 fully saturated rings. The zero-order valence-corrected chi connectivity index (χ0v) is 12.9. The van der Waals surface area contributed by atoms with E-state index in [0.717, 1.165) is 12.1 Å². The molecule has 0 aliphatic carbocycles. The minimum Gasteiger partial charge on any atom is -0.508 e. The summed E-state index contributed by atoms with van der Waals surface area (Å²) in [6.45, 7) is 3.31. The number of phenolic OH excluding ortho intramolecular Hbond substituents is 1. The van der Waals surface area contributed by atoms with E-state index in [-0.39, 0.29) is 24.4 Å². The van der Waals surface area contributed by atoms with E-state index >= 15 is 0 Å². The number of alkyl halides is 3. The van der Waals surface area contributed by atoms with Crippen molar-refractivity contribution in [3.8, 4) is 5.75 Å². The normalized spacial score (nSPS) is 11.5. The van der Waals surface area contributed by atoms with Gasteiger partial charge in [0.1, 0.15) is 11.5 Å². The van der Waals surface area contributed by atoms with Crippen molar-refractivity contribution in [2.75, 3.05) is 0 Å². The highest BCUT2D eigenvalue weighted by Gasteiger charge is 2.30. The van der Waals surface area contributed by atoms with Crippen LogP contribution in [0.1, 0.15) is 27.8 Å². The highest BCUT2D eigenvalue weighted by atomic mass is 19.4. The Hall–Kier alpha value is -2.30. The molecule has 0 aromatic heterocycles. The summed E-state index contributed by atoms with van der Waals surface area (Å²) in [5.74, 6) is -0.0998. The van der Waals surface area contributed by atoms with Crippen LogP contribution >= 0.6 is 0 Å². The van der Waals surface area contributed by atoms with Crippen molar-refractivity contribution in [2.45, 2.75) is 32.9 Å². The van der Waals surface area contributed by atoms with Gasteiger partial charge in [-0.2, -0.15) is 13.2 Å². The van der Waals surface area contributed by atoms with Crippen molar-refractivity contribution in [1.82, 2.24) is 0 Å². The zero-order chi connectivity index (χ0) is 17.2. The Morgan fingerprint density at radius 2 is 1.65 bits per heavy atom. The first kappa shape index (κ1) is 17.1. The van der Waals surface area contributed by atoms with Gasteiger partial charge in [0.2, 0.25) is 0 Å². The maximum atomic E-state index is 12.8. The molecule has 0 spiro atoms. The number of Topliss-reactive ketones (excluding diaryl/α,β-unsaturated/α-hetero) is 1. The molecule has 2 rings (SSSR count). The average molecular weight is 322 g/mol. The van der Waals surface area contributed by atoms with Crippen LogP contribution in [0.4, 0.5) is 13.2 Å². The van der Waals surface area contributed by atoms with Crippen LogP contribution in [0.25, 0.3) is 0 Å². The van der Waals surface area contributed by atoms with E-state index in [1.807, 2.05) is 0 Å². The molecule has 122 valence electrons. The lowest BCUT2D eigenvalue weighted by molar-refractivity contribution is -0.137. The Balaban J connectivity index is 2.14. The van der Waals surface area contributed by atoms with E-state index in [0.29, 0.717) is 22.3 Å². The van der Waals surface area contributed by atoms with Gasteiger partial charge >= 0.3 is 6.18 Å². The second-order valence-corrected chi connectivity index (χ2v) is 5.72. The molecule has 2 aromatic rings. The molecule has 5 heteroatoms. The highest BCUT2D eigenvalue weighted by Crippen LogP contribution is 2.30. The Morgan fingerprint density at radius 1 is 1.00 bits per heavy atom. The minimum atomic E-state index is -4.42. The Labute approximate surface area is 132 Å². The number of hydrogen-bond donors (Lipinski definition) is 1. The number of benzene rings is 2. The van der Waals surface area contributed by atoms with E-state index in [9.17, 15) is 23.1 Å². The fourth-order valence-corrected chi connectivity index (χ4v) is 2.41. The van der Waals surface area contributed by atoms with Gasteiger partial charge in [-0.15, -0.1) is 0 Å². The number of rotatable bonds is 4. The summed E-state index contributed by atoms with van der Waals surface area (Å²) in [6.07, 6.45) is -4.42. The quantitative estimate of drug-likeness (QED) is 0.907. The fraction of sp³-hybridized carbons (Fsp3) is 0.278. The number of halogens is 3. The number of carbonyl (C=O) groups excluding carboxylic acids is 1. The van der Waals surface area contributed by atoms with E-state index in [2.05, 4.69) is 0 Å². The summed E-state index contributed by atoms with van der Waals surface area (Å²) in [5, 5.41) is 9.63. The molecular formula is C18H17F3O2. The van der Waals surface area contributed by atoms with E-state index < -0.39 is 11.7 Å². The van der Waals surface area contributed by atoms with E-state index in [1.165, 1.54) is 6.07 Å². The number of aromatic hydroxyl groups is 1. The topological polar surface area (TPSA) is 37.3 Å². The zero-order valence-electron chi connectivity index (χ0n) is 12.9. The van der Waals surface area contributed by atoms with Crippen LogP contribution in [0.5, 0.6) is 5.75 Å². The van der Waals surface area contributed by atoms with Gasteiger partial charge in [-0.25, -0.2) is 0 Å². The lowest BCUT2D eigenvalue weighted by atomic mass is 9.98. The molecule has 23 heavy (non-hydrogen) atoms. The Morgan fingerprint density at radius 3 is 2.26 bits per heavy atom. The predicted octanol–water partition coefficient (Wildman–Crippen LogP) is 4.38. The lowest BCUT2D eigenvalue weighted by Gasteiger charge is -2.10. The number of hydrogen-bond acceptors (Lipinski definition) is 2. The van der Waals surface area contributed by atoms with Crippen molar-refractivity contribution < 1.29 is 23.1 Å². The third-order valence-electron chi connectivity index (χ3n) is 3.54. The third kappa shape index (κ3) is 4.58. The van der Waals surface area contributed by atoms with E-state index in [1.54, 1.807) is 32.0 Å². The molecular weight excluding hydrogens is 305 g/mol. The number of aryl methyl sites for hydroxylation is 2. The first-order valence-corrected chi connectivity index (χ1v) is 7.13. The SMILES string of the molecule is Cc1cc(CC(=O)Cc2ccc(C)c(O)c2)cc(C(F)(F)F)c1. The van der Waals surface area contributed by atoms with Gasteiger partial charge in [-0.05, 0) is 48.7 Å². The average Bonchev–Trinajstić information content (AvgIpc) is 2.41. The van der Waals surface area contributed by atoms with Crippen LogP contribution in [0.2, 0.25) is 0 Å². The third-order valence-corrected chi connectivity index (χ3v) is 3.54. The molecule has 0 aliphatic heterocycles. The summed E-state index contributed by atoms with van der Waals surface area (Å²) < 4.78 is 38.4. The Kier molecular flexibility index (Phi) is 4.78. The van der Waals surface area contributed by atoms with Gasteiger partial charge in [0.25, 0.3) is 0 Å². The van der Waals surface area contributed by atoms with Gasteiger partial charge in [0.05, 0.1) is 5.56 Å². The molecule has 0 saturated heterocycles. The van der Waals surface area contributed by atoms with Gasteiger partial charge < -0.3 is 5.11 Å². The van der Waals surface area contributed by atoms with Crippen molar-refractivity contribution in [1.29, 1.82) is 0 Å². The molecule has 0 aliphatic rings. The van der Waals surface area contributed by atoms with Crippen molar-refractivity contribution in [3.63, 3.8) is 0 Å². The largest absolute Gasteiger partial charge is 0.508 e. The summed E-state index contributed by atoms with van der Waals surface area (Å²) in [5.41, 5.74) is 1.42. The van der Waals surface area contributed by atoms with Crippen LogP contribution in [0, 0.1) is 13.8 Å². The lowest BCUT2D eigenvalue weighted by Crippen LogP contribution is -2.10. The van der Waals surface area contributed by atoms with Crippen LogP contribution in [0.3, 0.4) is 0 Å². The van der Waals surface area contributed by atoms with Gasteiger partial charge in [0, 0.05) is 12.8 Å². The molecule has 2 nitrogen and oxygen atoms in total. The molecule has 0 heterocycles. The van der Waals surface area contributed by atoms with E-state index in [4.69, 9.17) is 0 Å². The van der Waals surface area contributed by atoms with Crippen molar-refractivity contribution >= 4 is 5.78 Å². The second-order valence-electron chi connectivity index (χ2n) is 5.72. The summed E-state index contributed by atoms with van der Waals surface area (Å²) in [7, 11) is 0. The minimum absolute atomic E-state index is 0.0700.